The molecule has 0 amide bonds. The molecule has 0 saturated heterocycles. The highest BCUT2D eigenvalue weighted by molar-refractivity contribution is 5.82. The summed E-state index contributed by atoms with van der Waals surface area (Å²) >= 11 is 0. The first-order chi connectivity index (χ1) is 10.0. The summed E-state index contributed by atoms with van der Waals surface area (Å²) in [7, 11) is 0. The van der Waals surface area contributed by atoms with Crippen LogP contribution in [-0.2, 0) is 6.54 Å². The first-order valence-corrected chi connectivity index (χ1v) is 7.07. The molecule has 0 fully saturated rings. The zero-order valence-electron chi connectivity index (χ0n) is 12.5. The maximum Gasteiger partial charge on any atom is 0.336 e. The van der Waals surface area contributed by atoms with E-state index in [1.165, 1.54) is 5.56 Å². The molecule has 0 radical (unpaired) electrons. The minimum atomic E-state index is -0.311. The number of aromatic nitrogens is 2. The lowest BCUT2D eigenvalue weighted by atomic mass is 9.95. The molecule has 0 aliphatic heterocycles. The molecule has 21 heavy (non-hydrogen) atoms. The van der Waals surface area contributed by atoms with Crippen molar-refractivity contribution in [1.82, 2.24) is 9.55 Å². The summed E-state index contributed by atoms with van der Waals surface area (Å²) in [5, 5.41) is 0.998. The van der Waals surface area contributed by atoms with Crippen LogP contribution in [0.4, 0.5) is 0 Å². The Morgan fingerprint density at radius 1 is 1.29 bits per heavy atom. The molecule has 0 bridgehead atoms. The van der Waals surface area contributed by atoms with Crippen LogP contribution in [0.25, 0.3) is 11.0 Å². The molecule has 3 aromatic rings. The Balaban J connectivity index is 2.22. The average Bonchev–Trinajstić information content (AvgIpc) is 2.90. The molecule has 0 spiro atoms. The third kappa shape index (κ3) is 2.61. The van der Waals surface area contributed by atoms with Crippen molar-refractivity contribution in [3.8, 4) is 0 Å². The van der Waals surface area contributed by atoms with Gasteiger partial charge < -0.3 is 8.98 Å². The van der Waals surface area contributed by atoms with E-state index in [1.807, 2.05) is 16.8 Å². The van der Waals surface area contributed by atoms with Crippen molar-refractivity contribution < 1.29 is 4.42 Å². The van der Waals surface area contributed by atoms with Crippen LogP contribution in [0.15, 0.2) is 46.1 Å². The Morgan fingerprint density at radius 2 is 2.10 bits per heavy atom. The summed E-state index contributed by atoms with van der Waals surface area (Å²) < 4.78 is 7.30. The fourth-order valence-electron chi connectivity index (χ4n) is 2.72. The van der Waals surface area contributed by atoms with Gasteiger partial charge in [-0.1, -0.05) is 13.8 Å². The molecule has 1 aromatic carbocycles. The van der Waals surface area contributed by atoms with E-state index < -0.39 is 0 Å². The standard InChI is InChI=1S/C17H18N2O2/c1-11(2)14-8-15-13(9-19-5-4-18-10-19)7-17(20)21-16(15)6-12(14)3/h4-8,10-11H,9H2,1-3H3. The third-order valence-electron chi connectivity index (χ3n) is 3.75. The molecule has 3 rings (SSSR count). The Hall–Kier alpha value is -2.36. The van der Waals surface area contributed by atoms with E-state index in [0.29, 0.717) is 18.0 Å². The zero-order valence-corrected chi connectivity index (χ0v) is 12.5. The number of rotatable bonds is 3. The molecule has 0 unspecified atom stereocenters. The lowest BCUT2D eigenvalue weighted by molar-refractivity contribution is 0.557. The van der Waals surface area contributed by atoms with Gasteiger partial charge in [0.25, 0.3) is 0 Å². The van der Waals surface area contributed by atoms with Gasteiger partial charge in [-0.05, 0) is 41.7 Å². The maximum atomic E-state index is 11.8. The summed E-state index contributed by atoms with van der Waals surface area (Å²) in [6.45, 7) is 7.01. The first-order valence-electron chi connectivity index (χ1n) is 7.07. The molecule has 0 aliphatic carbocycles. The quantitative estimate of drug-likeness (QED) is 0.691. The van der Waals surface area contributed by atoms with E-state index in [9.17, 15) is 4.79 Å². The normalized spacial score (nSPS) is 11.4. The number of benzene rings is 1. The minimum Gasteiger partial charge on any atom is -0.423 e. The Labute approximate surface area is 123 Å². The first kappa shape index (κ1) is 13.6. The second kappa shape index (κ2) is 5.20. The average molecular weight is 282 g/mol. The molecule has 4 nitrogen and oxygen atoms in total. The van der Waals surface area contributed by atoms with E-state index in [4.69, 9.17) is 4.42 Å². The van der Waals surface area contributed by atoms with E-state index in [0.717, 1.165) is 16.5 Å². The molecule has 4 heteroatoms. The largest absolute Gasteiger partial charge is 0.423 e. The molecule has 0 saturated carbocycles. The summed E-state index contributed by atoms with van der Waals surface area (Å²) in [4.78, 5) is 15.8. The minimum absolute atomic E-state index is 0.311. The van der Waals surface area contributed by atoms with Gasteiger partial charge in [-0.15, -0.1) is 0 Å². The molecule has 2 aromatic heterocycles. The maximum absolute atomic E-state index is 11.8. The number of hydrogen-bond acceptors (Lipinski definition) is 3. The van der Waals surface area contributed by atoms with E-state index in [1.54, 1.807) is 18.6 Å². The van der Waals surface area contributed by atoms with Crippen LogP contribution >= 0.6 is 0 Å². The number of imidazole rings is 1. The van der Waals surface area contributed by atoms with Crippen molar-refractivity contribution >= 4 is 11.0 Å². The number of fused-ring (bicyclic) bond motifs is 1. The summed E-state index contributed by atoms with van der Waals surface area (Å²) in [5.41, 5.74) is 3.73. The second-order valence-corrected chi connectivity index (χ2v) is 5.69. The van der Waals surface area contributed by atoms with Gasteiger partial charge in [0.2, 0.25) is 0 Å². The number of hydrogen-bond donors (Lipinski definition) is 0. The fraction of sp³-hybridized carbons (Fsp3) is 0.294. The van der Waals surface area contributed by atoms with Crippen LogP contribution in [-0.4, -0.2) is 9.55 Å². The molecular formula is C17H18N2O2. The van der Waals surface area contributed by atoms with E-state index >= 15 is 0 Å². The molecule has 0 aliphatic rings. The molecule has 0 N–H and O–H groups in total. The predicted molar refractivity (Wildman–Crippen MR) is 82.6 cm³/mol. The van der Waals surface area contributed by atoms with E-state index in [2.05, 4.69) is 31.8 Å². The van der Waals surface area contributed by atoms with Crippen LogP contribution in [0.1, 0.15) is 36.5 Å². The topological polar surface area (TPSA) is 48.0 Å². The molecule has 0 atom stereocenters. The van der Waals surface area contributed by atoms with Gasteiger partial charge in [0.1, 0.15) is 5.58 Å². The van der Waals surface area contributed by atoms with Gasteiger partial charge in [-0.3, -0.25) is 0 Å². The zero-order chi connectivity index (χ0) is 15.0. The second-order valence-electron chi connectivity index (χ2n) is 5.69. The van der Waals surface area contributed by atoms with Crippen LogP contribution < -0.4 is 5.63 Å². The van der Waals surface area contributed by atoms with Crippen molar-refractivity contribution in [1.29, 1.82) is 0 Å². The van der Waals surface area contributed by atoms with Crippen molar-refractivity contribution in [2.75, 3.05) is 0 Å². The fourth-order valence-corrected chi connectivity index (χ4v) is 2.72. The van der Waals surface area contributed by atoms with Gasteiger partial charge in [-0.25, -0.2) is 9.78 Å². The smallest absolute Gasteiger partial charge is 0.336 e. The number of aryl methyl sites for hydroxylation is 1. The highest BCUT2D eigenvalue weighted by Crippen LogP contribution is 2.27. The van der Waals surface area contributed by atoms with Gasteiger partial charge in [0.15, 0.2) is 0 Å². The van der Waals surface area contributed by atoms with Crippen molar-refractivity contribution in [3.63, 3.8) is 0 Å². The van der Waals surface area contributed by atoms with Crippen LogP contribution in [0, 0.1) is 6.92 Å². The predicted octanol–water partition coefficient (Wildman–Crippen LogP) is 3.47. The van der Waals surface area contributed by atoms with Gasteiger partial charge >= 0.3 is 5.63 Å². The van der Waals surface area contributed by atoms with Crippen molar-refractivity contribution in [2.45, 2.75) is 33.2 Å². The Morgan fingerprint density at radius 3 is 2.76 bits per heavy atom. The summed E-state index contributed by atoms with van der Waals surface area (Å²) in [5.74, 6) is 0.433. The van der Waals surface area contributed by atoms with Crippen LogP contribution in [0.2, 0.25) is 0 Å². The monoisotopic (exact) mass is 282 g/mol. The lowest BCUT2D eigenvalue weighted by Crippen LogP contribution is -2.05. The lowest BCUT2D eigenvalue weighted by Gasteiger charge is -2.13. The van der Waals surface area contributed by atoms with Crippen molar-refractivity contribution in [3.05, 3.63) is 64.0 Å². The van der Waals surface area contributed by atoms with Gasteiger partial charge in [0.05, 0.1) is 6.33 Å². The summed E-state index contributed by atoms with van der Waals surface area (Å²) in [6.07, 6.45) is 5.37. The Kier molecular flexibility index (Phi) is 3.37. The van der Waals surface area contributed by atoms with Gasteiger partial charge in [-0.2, -0.15) is 0 Å². The third-order valence-corrected chi connectivity index (χ3v) is 3.75. The Bertz CT molecular complexity index is 830. The van der Waals surface area contributed by atoms with Crippen LogP contribution in [0.3, 0.4) is 0 Å². The van der Waals surface area contributed by atoms with Crippen LogP contribution in [0.5, 0.6) is 0 Å². The summed E-state index contributed by atoms with van der Waals surface area (Å²) in [6, 6.07) is 5.68. The highest BCUT2D eigenvalue weighted by atomic mass is 16.4. The van der Waals surface area contributed by atoms with Crippen molar-refractivity contribution in [2.24, 2.45) is 0 Å². The molecule has 108 valence electrons. The number of nitrogens with zero attached hydrogens (tertiary/aromatic N) is 2. The molecular weight excluding hydrogens is 264 g/mol. The highest BCUT2D eigenvalue weighted by Gasteiger charge is 2.11. The van der Waals surface area contributed by atoms with E-state index in [-0.39, 0.29) is 5.63 Å². The van der Waals surface area contributed by atoms with Gasteiger partial charge in [0, 0.05) is 30.4 Å². The SMILES string of the molecule is Cc1cc2oc(=O)cc(Cn3ccnc3)c2cc1C(C)C. The molecule has 2 heterocycles.